The predicted octanol–water partition coefficient (Wildman–Crippen LogP) is 4.05. The van der Waals surface area contributed by atoms with Crippen molar-refractivity contribution in [2.24, 2.45) is 0 Å². The Labute approximate surface area is 186 Å². The highest BCUT2D eigenvalue weighted by Gasteiger charge is 2.22. The summed E-state index contributed by atoms with van der Waals surface area (Å²) in [5.41, 5.74) is 1.78. The summed E-state index contributed by atoms with van der Waals surface area (Å²) in [4.78, 5) is 16.5. The summed E-state index contributed by atoms with van der Waals surface area (Å²) in [7, 11) is 2.96. The number of pyridine rings is 1. The molecule has 0 aliphatic carbocycles. The number of aromatic nitrogens is 1. The van der Waals surface area contributed by atoms with Gasteiger partial charge in [0.05, 0.1) is 48.8 Å². The molecule has 1 heterocycles. The zero-order valence-corrected chi connectivity index (χ0v) is 18.3. The molecule has 3 aromatic rings. The minimum absolute atomic E-state index is 0.108. The maximum Gasteiger partial charge on any atom is 0.243 e. The van der Waals surface area contributed by atoms with Crippen molar-refractivity contribution in [1.82, 2.24) is 4.98 Å². The topological polar surface area (TPSA) is 110 Å². The summed E-state index contributed by atoms with van der Waals surface area (Å²) in [6.07, 6.45) is 3.14. The Bertz CT molecular complexity index is 1110. The van der Waals surface area contributed by atoms with Crippen LogP contribution in [0, 0.1) is 0 Å². The van der Waals surface area contributed by atoms with E-state index in [0.29, 0.717) is 39.0 Å². The predicted molar refractivity (Wildman–Crippen MR) is 120 cm³/mol. The first-order valence-corrected chi connectivity index (χ1v) is 10.5. The average molecular weight is 462 g/mol. The largest absolute Gasteiger partial charge is 0.496 e. The van der Waals surface area contributed by atoms with Gasteiger partial charge in [-0.1, -0.05) is 11.6 Å². The molecular weight excluding hydrogens is 442 g/mol. The van der Waals surface area contributed by atoms with Gasteiger partial charge in [0.2, 0.25) is 5.91 Å². The highest BCUT2D eigenvalue weighted by atomic mass is 35.5. The zero-order valence-electron chi connectivity index (χ0n) is 16.7. The molecule has 3 N–H and O–H groups in total. The SMILES string of the molecule is COc1ccc(OC)c(-c2cc(Cl)ccc2S(=O)O)c1NCC(=O)Nc1cccnc1. The van der Waals surface area contributed by atoms with E-state index in [2.05, 4.69) is 15.6 Å². The van der Waals surface area contributed by atoms with E-state index in [1.807, 2.05) is 0 Å². The fourth-order valence-electron chi connectivity index (χ4n) is 3.01. The van der Waals surface area contributed by atoms with E-state index < -0.39 is 11.1 Å². The zero-order chi connectivity index (χ0) is 22.4. The van der Waals surface area contributed by atoms with Crippen LogP contribution >= 0.6 is 11.6 Å². The third-order valence-electron chi connectivity index (χ3n) is 4.34. The lowest BCUT2D eigenvalue weighted by Crippen LogP contribution is -2.22. The van der Waals surface area contributed by atoms with Gasteiger partial charge in [0.25, 0.3) is 0 Å². The molecule has 1 aromatic heterocycles. The van der Waals surface area contributed by atoms with Crippen LogP contribution < -0.4 is 20.1 Å². The van der Waals surface area contributed by atoms with E-state index >= 15 is 0 Å². The van der Waals surface area contributed by atoms with Crippen LogP contribution in [0.15, 0.2) is 59.8 Å². The van der Waals surface area contributed by atoms with Gasteiger partial charge in [-0.25, -0.2) is 4.21 Å². The second-order valence-corrected chi connectivity index (χ2v) is 7.63. The van der Waals surface area contributed by atoms with Crippen molar-refractivity contribution in [1.29, 1.82) is 0 Å². The molecule has 0 spiro atoms. The molecule has 162 valence electrons. The van der Waals surface area contributed by atoms with Crippen LogP contribution in [0.1, 0.15) is 0 Å². The summed E-state index contributed by atoms with van der Waals surface area (Å²) >= 11 is 3.88. The third-order valence-corrected chi connectivity index (χ3v) is 5.31. The fraction of sp³-hybridized carbons (Fsp3) is 0.143. The van der Waals surface area contributed by atoms with Gasteiger partial charge >= 0.3 is 0 Å². The Morgan fingerprint density at radius 3 is 2.55 bits per heavy atom. The minimum Gasteiger partial charge on any atom is -0.496 e. The van der Waals surface area contributed by atoms with E-state index in [1.165, 1.54) is 32.5 Å². The third kappa shape index (κ3) is 5.32. The monoisotopic (exact) mass is 461 g/mol. The summed E-state index contributed by atoms with van der Waals surface area (Å²) in [6, 6.07) is 11.3. The number of carbonyl (C=O) groups excluding carboxylic acids is 1. The van der Waals surface area contributed by atoms with Crippen LogP contribution in [0.4, 0.5) is 11.4 Å². The number of hydrogen-bond donors (Lipinski definition) is 3. The summed E-state index contributed by atoms with van der Waals surface area (Å²) in [5.74, 6) is 0.505. The van der Waals surface area contributed by atoms with Crippen molar-refractivity contribution >= 4 is 40.0 Å². The molecule has 1 amide bonds. The first-order chi connectivity index (χ1) is 14.9. The standard InChI is InChI=1S/C21H20ClN3O5S/c1-29-16-6-7-17(30-2)21(24-12-19(26)25-14-4-3-9-23-11-14)20(16)15-10-13(22)5-8-18(15)31(27)28/h3-11,24H,12H2,1-2H3,(H,25,26)(H,27,28). The highest BCUT2D eigenvalue weighted by molar-refractivity contribution is 7.79. The molecule has 31 heavy (non-hydrogen) atoms. The van der Waals surface area contributed by atoms with Gasteiger partial charge < -0.3 is 24.7 Å². The molecule has 10 heteroatoms. The Morgan fingerprint density at radius 1 is 1.16 bits per heavy atom. The molecule has 1 unspecified atom stereocenters. The van der Waals surface area contributed by atoms with E-state index in [-0.39, 0.29) is 17.3 Å². The number of halogens is 1. The number of methoxy groups -OCH3 is 2. The number of amides is 1. The van der Waals surface area contributed by atoms with Crippen molar-refractivity contribution in [3.05, 3.63) is 59.9 Å². The Balaban J connectivity index is 2.03. The van der Waals surface area contributed by atoms with Crippen LogP contribution in [0.5, 0.6) is 11.5 Å². The molecule has 3 rings (SSSR count). The molecule has 0 radical (unpaired) electrons. The fourth-order valence-corrected chi connectivity index (χ4v) is 3.71. The van der Waals surface area contributed by atoms with Crippen LogP contribution in [0.25, 0.3) is 11.1 Å². The van der Waals surface area contributed by atoms with Crippen molar-refractivity contribution in [3.8, 4) is 22.6 Å². The normalized spacial score (nSPS) is 11.5. The highest BCUT2D eigenvalue weighted by Crippen LogP contribution is 2.45. The number of carbonyl (C=O) groups is 1. The first kappa shape index (κ1) is 22.5. The van der Waals surface area contributed by atoms with Gasteiger partial charge in [-0.3, -0.25) is 9.78 Å². The van der Waals surface area contributed by atoms with Crippen molar-refractivity contribution in [2.75, 3.05) is 31.4 Å². The number of nitrogens with zero attached hydrogens (tertiary/aromatic N) is 1. The smallest absolute Gasteiger partial charge is 0.243 e. The van der Waals surface area contributed by atoms with Gasteiger partial charge in [-0.2, -0.15) is 0 Å². The van der Waals surface area contributed by atoms with Crippen molar-refractivity contribution in [3.63, 3.8) is 0 Å². The Kier molecular flexibility index (Phi) is 7.45. The van der Waals surface area contributed by atoms with E-state index in [1.54, 1.807) is 36.5 Å². The molecule has 0 bridgehead atoms. The molecule has 0 aliphatic rings. The Morgan fingerprint density at radius 2 is 1.90 bits per heavy atom. The molecule has 0 aliphatic heterocycles. The molecule has 1 atom stereocenters. The summed E-state index contributed by atoms with van der Waals surface area (Å²) in [5, 5.41) is 6.15. The number of hydrogen-bond acceptors (Lipinski definition) is 6. The summed E-state index contributed by atoms with van der Waals surface area (Å²) < 4.78 is 32.7. The molecular formula is C21H20ClN3O5S. The average Bonchev–Trinajstić information content (AvgIpc) is 2.77. The molecule has 8 nitrogen and oxygen atoms in total. The van der Waals surface area contributed by atoms with Crippen LogP contribution in [0.2, 0.25) is 5.02 Å². The number of nitrogens with one attached hydrogen (secondary N) is 2. The lowest BCUT2D eigenvalue weighted by Gasteiger charge is -2.20. The second kappa shape index (κ2) is 10.3. The van der Waals surface area contributed by atoms with E-state index in [9.17, 15) is 13.6 Å². The van der Waals surface area contributed by atoms with Crippen molar-refractivity contribution < 1.29 is 23.0 Å². The van der Waals surface area contributed by atoms with E-state index in [4.69, 9.17) is 21.1 Å². The molecule has 2 aromatic carbocycles. The molecule has 0 fully saturated rings. The second-order valence-electron chi connectivity index (χ2n) is 6.25. The number of rotatable bonds is 8. The lowest BCUT2D eigenvalue weighted by atomic mass is 10.0. The maximum absolute atomic E-state index is 12.4. The van der Waals surface area contributed by atoms with Gasteiger partial charge in [0.1, 0.15) is 11.5 Å². The number of anilines is 2. The maximum atomic E-state index is 12.4. The molecule has 0 saturated carbocycles. The summed E-state index contributed by atoms with van der Waals surface area (Å²) in [6.45, 7) is -0.108. The van der Waals surface area contributed by atoms with Gasteiger partial charge in [0, 0.05) is 16.8 Å². The van der Waals surface area contributed by atoms with E-state index in [0.717, 1.165) is 0 Å². The van der Waals surface area contributed by atoms with Crippen LogP contribution in [-0.4, -0.2) is 40.4 Å². The van der Waals surface area contributed by atoms with Gasteiger partial charge in [-0.15, -0.1) is 0 Å². The van der Waals surface area contributed by atoms with Crippen LogP contribution in [0.3, 0.4) is 0 Å². The molecule has 0 saturated heterocycles. The van der Waals surface area contributed by atoms with Crippen molar-refractivity contribution in [2.45, 2.75) is 4.90 Å². The minimum atomic E-state index is -2.28. The van der Waals surface area contributed by atoms with Gasteiger partial charge in [0.15, 0.2) is 11.1 Å². The van der Waals surface area contributed by atoms with Crippen LogP contribution in [-0.2, 0) is 15.9 Å². The lowest BCUT2D eigenvalue weighted by molar-refractivity contribution is -0.114. The number of ether oxygens (including phenoxy) is 2. The first-order valence-electron chi connectivity index (χ1n) is 9.04. The Hall–Kier alpha value is -3.14. The van der Waals surface area contributed by atoms with Gasteiger partial charge in [-0.05, 0) is 42.5 Å². The number of benzene rings is 2. The quantitative estimate of drug-likeness (QED) is 0.434.